The second kappa shape index (κ2) is 12.1. The van der Waals surface area contributed by atoms with E-state index in [1.54, 1.807) is 18.2 Å². The fourth-order valence-electron chi connectivity index (χ4n) is 5.04. The van der Waals surface area contributed by atoms with E-state index in [2.05, 4.69) is 10.0 Å². The van der Waals surface area contributed by atoms with Gasteiger partial charge in [0.2, 0.25) is 0 Å². The second-order valence-electron chi connectivity index (χ2n) is 9.83. The van der Waals surface area contributed by atoms with Crippen LogP contribution in [-0.4, -0.2) is 60.6 Å². The summed E-state index contributed by atoms with van der Waals surface area (Å²) in [5.41, 5.74) is 0.186. The largest absolute Gasteiger partial charge is 0.378 e. The summed E-state index contributed by atoms with van der Waals surface area (Å²) < 4.78 is 50.2. The molecule has 2 aromatic rings. The van der Waals surface area contributed by atoms with E-state index in [9.17, 15) is 13.6 Å². The number of amides is 1. The molecule has 5 rings (SSSR count). The highest BCUT2D eigenvalue weighted by atomic mass is 35.5. The first kappa shape index (κ1) is 27.0. The molecule has 2 N–H and O–H groups in total. The minimum Gasteiger partial charge on any atom is -0.378 e. The lowest BCUT2D eigenvalue weighted by molar-refractivity contribution is -0.134. The Balaban J connectivity index is 1.20. The van der Waals surface area contributed by atoms with Crippen LogP contribution in [0.2, 0.25) is 5.02 Å². The minimum absolute atomic E-state index is 0.158. The first-order valence-electron chi connectivity index (χ1n) is 12.5. The summed E-state index contributed by atoms with van der Waals surface area (Å²) in [5, 5.41) is 3.43. The van der Waals surface area contributed by atoms with Gasteiger partial charge in [0.05, 0.1) is 16.8 Å². The number of nitrogens with one attached hydrogen (secondary N) is 2. The highest BCUT2D eigenvalue weighted by Gasteiger charge is 2.44. The zero-order valence-electron chi connectivity index (χ0n) is 20.1. The lowest BCUT2D eigenvalue weighted by atomic mass is 10.0. The summed E-state index contributed by atoms with van der Waals surface area (Å²) >= 11 is 9.02. The van der Waals surface area contributed by atoms with Crippen molar-refractivity contribution in [1.82, 2.24) is 9.62 Å². The van der Waals surface area contributed by atoms with Crippen LogP contribution in [0.3, 0.4) is 0 Å². The minimum atomic E-state index is -0.784. The zero-order valence-corrected chi connectivity index (χ0v) is 22.5. The Morgan fingerprint density at radius 2 is 1.95 bits per heavy atom. The number of nitrogens with zero attached hydrogens (tertiary/aromatic N) is 1. The van der Waals surface area contributed by atoms with Crippen molar-refractivity contribution in [2.24, 2.45) is 5.92 Å². The Hall–Kier alpha value is -1.59. The van der Waals surface area contributed by atoms with Crippen molar-refractivity contribution in [2.75, 3.05) is 30.7 Å². The summed E-state index contributed by atoms with van der Waals surface area (Å²) in [7, 11) is 0. The number of ether oxygens (including phenoxy) is 1. The number of alkyl halides is 1. The van der Waals surface area contributed by atoms with Crippen LogP contribution in [0.25, 0.3) is 0 Å². The van der Waals surface area contributed by atoms with Crippen molar-refractivity contribution >= 4 is 46.9 Å². The molecule has 2 aliphatic heterocycles. The summed E-state index contributed by atoms with van der Waals surface area (Å²) in [6, 6.07) is 9.02. The molecule has 11 heteroatoms. The normalized spacial score (nSPS) is 24.2. The summed E-state index contributed by atoms with van der Waals surface area (Å²) in [4.78, 5) is 15.9. The number of carbonyl (C=O) groups is 1. The maximum Gasteiger partial charge on any atom is 0.259 e. The molecule has 4 unspecified atom stereocenters. The van der Waals surface area contributed by atoms with E-state index in [-0.39, 0.29) is 40.5 Å². The molecule has 2 aromatic carbocycles. The van der Waals surface area contributed by atoms with Gasteiger partial charge in [-0.15, -0.1) is 11.8 Å². The van der Waals surface area contributed by atoms with E-state index in [0.29, 0.717) is 36.7 Å². The lowest BCUT2D eigenvalue weighted by Crippen LogP contribution is -2.49. The van der Waals surface area contributed by atoms with Crippen molar-refractivity contribution in [3.05, 3.63) is 53.1 Å². The van der Waals surface area contributed by atoms with Crippen LogP contribution >= 0.6 is 35.3 Å². The van der Waals surface area contributed by atoms with Gasteiger partial charge < -0.3 is 10.1 Å². The number of fused-ring (bicyclic) bond motifs is 2. The van der Waals surface area contributed by atoms with E-state index in [1.807, 2.05) is 4.90 Å². The van der Waals surface area contributed by atoms with Crippen molar-refractivity contribution in [3.8, 4) is 0 Å². The van der Waals surface area contributed by atoms with Gasteiger partial charge in [-0.2, -0.15) is 0 Å². The van der Waals surface area contributed by atoms with Gasteiger partial charge in [-0.1, -0.05) is 11.6 Å². The number of likely N-dealkylation sites (tertiary alicyclic amines) is 1. The topological polar surface area (TPSA) is 53.6 Å². The number of hydrogen-bond acceptors (Lipinski definition) is 6. The van der Waals surface area contributed by atoms with E-state index in [4.69, 9.17) is 16.3 Å². The van der Waals surface area contributed by atoms with Crippen LogP contribution in [0, 0.1) is 17.6 Å². The summed E-state index contributed by atoms with van der Waals surface area (Å²) in [6.45, 7) is 1.50. The molecule has 37 heavy (non-hydrogen) atoms. The van der Waals surface area contributed by atoms with Crippen LogP contribution in [0.4, 0.5) is 18.9 Å². The van der Waals surface area contributed by atoms with Crippen LogP contribution in [0.5, 0.6) is 0 Å². The lowest BCUT2D eigenvalue weighted by Gasteiger charge is -2.35. The number of halogens is 4. The van der Waals surface area contributed by atoms with Gasteiger partial charge in [-0.3, -0.25) is 14.4 Å². The SMILES string of the molecule is O=C(NSc1cc(F)c(NC(CCN2CC(F)C2)CSc2ccc(F)cc2)c(Cl)c1)C1OC2CCC1C2. The maximum atomic E-state index is 15.1. The van der Waals surface area contributed by atoms with Crippen molar-refractivity contribution in [2.45, 2.75) is 59.9 Å². The van der Waals surface area contributed by atoms with E-state index in [1.165, 1.54) is 30.0 Å². The molecular formula is C26H29ClF3N3O2S2. The van der Waals surface area contributed by atoms with E-state index in [0.717, 1.165) is 36.1 Å². The molecule has 1 aliphatic carbocycles. The molecule has 3 aliphatic rings. The molecule has 0 radical (unpaired) electrons. The van der Waals surface area contributed by atoms with Crippen molar-refractivity contribution in [1.29, 1.82) is 0 Å². The molecule has 2 heterocycles. The van der Waals surface area contributed by atoms with Crippen LogP contribution < -0.4 is 10.0 Å². The highest BCUT2D eigenvalue weighted by Crippen LogP contribution is 2.40. The molecule has 0 aromatic heterocycles. The Morgan fingerprint density at radius 1 is 1.16 bits per heavy atom. The molecule has 2 saturated heterocycles. The first-order chi connectivity index (χ1) is 17.8. The Bertz CT molecular complexity index is 1080. The van der Waals surface area contributed by atoms with Gasteiger partial charge in [-0.25, -0.2) is 13.2 Å². The average Bonchev–Trinajstić information content (AvgIpc) is 3.49. The molecular weight excluding hydrogens is 543 g/mol. The molecule has 1 saturated carbocycles. The monoisotopic (exact) mass is 571 g/mol. The summed E-state index contributed by atoms with van der Waals surface area (Å²) in [6.07, 6.45) is 2.55. The number of thioether (sulfide) groups is 1. The zero-order chi connectivity index (χ0) is 25.9. The smallest absolute Gasteiger partial charge is 0.259 e. The van der Waals surface area contributed by atoms with Gasteiger partial charge in [-0.05, 0) is 79.9 Å². The summed E-state index contributed by atoms with van der Waals surface area (Å²) in [5.74, 6) is -0.178. The Labute approximate surface area is 228 Å². The predicted octanol–water partition coefficient (Wildman–Crippen LogP) is 5.93. The predicted molar refractivity (Wildman–Crippen MR) is 142 cm³/mol. The fourth-order valence-corrected chi connectivity index (χ4v) is 7.01. The van der Waals surface area contributed by atoms with Crippen LogP contribution in [0.1, 0.15) is 25.7 Å². The van der Waals surface area contributed by atoms with Gasteiger partial charge in [0.25, 0.3) is 5.91 Å². The van der Waals surface area contributed by atoms with Gasteiger partial charge in [0, 0.05) is 41.2 Å². The van der Waals surface area contributed by atoms with Gasteiger partial charge >= 0.3 is 0 Å². The maximum absolute atomic E-state index is 15.1. The number of hydrogen-bond donors (Lipinski definition) is 2. The number of carbonyl (C=O) groups excluding carboxylic acids is 1. The van der Waals surface area contributed by atoms with Crippen molar-refractivity contribution in [3.63, 3.8) is 0 Å². The molecule has 1 amide bonds. The molecule has 2 bridgehead atoms. The molecule has 5 nitrogen and oxygen atoms in total. The molecule has 4 atom stereocenters. The average molecular weight is 572 g/mol. The third-order valence-electron chi connectivity index (χ3n) is 7.06. The standard InChI is InChI=1S/C26H29ClF3N3O2S2/c27-22-10-21(37-32-26(34)25-15-1-4-19(9-15)35-25)11-23(30)24(22)31-18(7-8-33-12-17(29)13-33)14-36-20-5-2-16(28)3-6-20/h2-3,5-6,10-11,15,17-19,25,31H,1,4,7-9,12-14H2,(H,32,34). The number of anilines is 1. The third-order valence-corrected chi connectivity index (χ3v) is 9.30. The number of rotatable bonds is 11. The van der Waals surface area contributed by atoms with Gasteiger partial charge in [0.15, 0.2) is 0 Å². The Morgan fingerprint density at radius 3 is 2.59 bits per heavy atom. The van der Waals surface area contributed by atoms with E-state index >= 15 is 4.39 Å². The first-order valence-corrected chi connectivity index (χ1v) is 14.6. The fraction of sp³-hybridized carbons (Fsp3) is 0.500. The third kappa shape index (κ3) is 6.89. The highest BCUT2D eigenvalue weighted by molar-refractivity contribution is 7.99. The second-order valence-corrected chi connectivity index (χ2v) is 12.2. The Kier molecular flexibility index (Phi) is 8.81. The van der Waals surface area contributed by atoms with Gasteiger partial charge in [0.1, 0.15) is 23.9 Å². The quantitative estimate of drug-likeness (QED) is 0.258. The van der Waals surface area contributed by atoms with E-state index < -0.39 is 18.1 Å². The molecule has 0 spiro atoms. The van der Waals surface area contributed by atoms with Crippen LogP contribution in [-0.2, 0) is 9.53 Å². The van der Waals surface area contributed by atoms with Crippen molar-refractivity contribution < 1.29 is 22.7 Å². The molecule has 200 valence electrons. The molecule has 3 fully saturated rings. The number of benzene rings is 2. The van der Waals surface area contributed by atoms with Crippen LogP contribution in [0.15, 0.2) is 46.2 Å².